The Morgan fingerprint density at radius 1 is 1.30 bits per heavy atom. The summed E-state index contributed by atoms with van der Waals surface area (Å²) in [5.74, 6) is -0.543. The van der Waals surface area contributed by atoms with Crippen LogP contribution in [0.25, 0.3) is 10.2 Å². The third-order valence-electron chi connectivity index (χ3n) is 5.19. The molecular weight excluding hydrogens is 398 g/mol. The van der Waals surface area contributed by atoms with E-state index in [0.29, 0.717) is 12.2 Å². The number of nitrogens with one attached hydrogen (secondary N) is 1. The number of hydrogen-bond acceptors (Lipinski definition) is 5. The molecule has 0 unspecified atom stereocenters. The number of pyridine rings is 1. The molecule has 0 aliphatic carbocycles. The van der Waals surface area contributed by atoms with E-state index in [9.17, 15) is 9.59 Å². The summed E-state index contributed by atoms with van der Waals surface area (Å²) in [7, 11) is 0. The number of hydrogen-bond donors (Lipinski definition) is 1. The minimum absolute atomic E-state index is 0.144. The fourth-order valence-electron chi connectivity index (χ4n) is 3.45. The van der Waals surface area contributed by atoms with Gasteiger partial charge in [0.25, 0.3) is 5.91 Å². The van der Waals surface area contributed by atoms with Gasteiger partial charge in [-0.1, -0.05) is 26.8 Å². The molecule has 1 aliphatic heterocycles. The van der Waals surface area contributed by atoms with Crippen molar-refractivity contribution in [2.75, 3.05) is 6.54 Å². The Morgan fingerprint density at radius 2 is 2.10 bits per heavy atom. The van der Waals surface area contributed by atoms with Crippen molar-refractivity contribution < 1.29 is 9.59 Å². The number of thiophene rings is 1. The molecule has 0 spiro atoms. The van der Waals surface area contributed by atoms with E-state index in [0.717, 1.165) is 21.6 Å². The molecule has 8 heteroatoms. The zero-order chi connectivity index (χ0) is 21.5. The Hall–Kier alpha value is -3.00. The maximum absolute atomic E-state index is 13.3. The number of hydrazone groups is 1. The lowest BCUT2D eigenvalue weighted by atomic mass is 9.90. The van der Waals surface area contributed by atoms with E-state index in [1.54, 1.807) is 17.5 Å². The van der Waals surface area contributed by atoms with Crippen molar-refractivity contribution >= 4 is 39.1 Å². The van der Waals surface area contributed by atoms with Crippen LogP contribution in [0.3, 0.4) is 0 Å². The molecule has 3 aromatic rings. The molecule has 0 saturated carbocycles. The zero-order valence-corrected chi connectivity index (χ0v) is 18.4. The predicted octanol–water partition coefficient (Wildman–Crippen LogP) is 3.83. The highest BCUT2D eigenvalue weighted by molar-refractivity contribution is 7.17. The van der Waals surface area contributed by atoms with Crippen molar-refractivity contribution in [1.82, 2.24) is 19.9 Å². The molecule has 156 valence electrons. The van der Waals surface area contributed by atoms with Crippen molar-refractivity contribution in [2.45, 2.75) is 40.3 Å². The van der Waals surface area contributed by atoms with E-state index in [2.05, 4.69) is 36.2 Å². The first-order valence-corrected chi connectivity index (χ1v) is 10.8. The molecule has 0 aromatic carbocycles. The molecule has 0 radical (unpaired) electrons. The Kier molecular flexibility index (Phi) is 5.19. The van der Waals surface area contributed by atoms with Crippen molar-refractivity contribution in [1.29, 1.82) is 0 Å². The summed E-state index contributed by atoms with van der Waals surface area (Å²) in [5, 5.41) is 10.9. The average Bonchev–Trinajstić information content (AvgIpc) is 3.25. The first kappa shape index (κ1) is 20.3. The number of rotatable bonds is 4. The van der Waals surface area contributed by atoms with Crippen molar-refractivity contribution in [3.8, 4) is 0 Å². The van der Waals surface area contributed by atoms with Gasteiger partial charge in [-0.15, -0.1) is 11.3 Å². The SMILES string of the molecule is C[C@@H](NC(=O)CN1N=C(C(C)(C)C)Cn2c(cc3sccc32)C1=O)c1ccccn1. The first-order chi connectivity index (χ1) is 14.2. The van der Waals surface area contributed by atoms with E-state index < -0.39 is 0 Å². The molecule has 0 saturated heterocycles. The van der Waals surface area contributed by atoms with Gasteiger partial charge in [0.05, 0.1) is 34.2 Å². The van der Waals surface area contributed by atoms with Crippen molar-refractivity contribution in [2.24, 2.45) is 10.5 Å². The highest BCUT2D eigenvalue weighted by Crippen LogP contribution is 2.30. The van der Waals surface area contributed by atoms with Gasteiger partial charge in [0.1, 0.15) is 12.2 Å². The molecule has 4 rings (SSSR count). The minimum atomic E-state index is -0.277. The van der Waals surface area contributed by atoms with E-state index in [-0.39, 0.29) is 29.8 Å². The number of amides is 2. The summed E-state index contributed by atoms with van der Waals surface area (Å²) in [6, 6.07) is 9.22. The van der Waals surface area contributed by atoms with Gasteiger partial charge in [-0.3, -0.25) is 14.6 Å². The maximum Gasteiger partial charge on any atom is 0.291 e. The second kappa shape index (κ2) is 7.68. The number of aromatic nitrogens is 2. The van der Waals surface area contributed by atoms with Crippen molar-refractivity contribution in [3.05, 3.63) is 53.3 Å². The lowest BCUT2D eigenvalue weighted by Gasteiger charge is -2.23. The van der Waals surface area contributed by atoms with Crippen LogP contribution in [0, 0.1) is 5.41 Å². The minimum Gasteiger partial charge on any atom is -0.346 e. The van der Waals surface area contributed by atoms with Crippen LogP contribution < -0.4 is 5.32 Å². The summed E-state index contributed by atoms with van der Waals surface area (Å²) < 4.78 is 3.06. The molecule has 2 amide bonds. The summed E-state index contributed by atoms with van der Waals surface area (Å²) in [6.45, 7) is 8.44. The highest BCUT2D eigenvalue weighted by atomic mass is 32.1. The molecule has 3 aromatic heterocycles. The Bertz CT molecular complexity index is 1120. The summed E-state index contributed by atoms with van der Waals surface area (Å²) in [4.78, 5) is 30.3. The lowest BCUT2D eigenvalue weighted by Crippen LogP contribution is -2.39. The standard InChI is InChI=1S/C22H25N5O2S/c1-14(15-7-5-6-9-23-15)24-20(28)13-27-21(29)17-11-18-16(8-10-30-18)26(17)12-19(25-27)22(2,3)4/h5-11,14H,12-13H2,1-4H3,(H,24,28)/t14-/m1/s1. The molecule has 0 bridgehead atoms. The summed E-state index contributed by atoms with van der Waals surface area (Å²) in [6.07, 6.45) is 1.69. The largest absolute Gasteiger partial charge is 0.346 e. The van der Waals surface area contributed by atoms with Gasteiger partial charge in [0, 0.05) is 11.6 Å². The van der Waals surface area contributed by atoms with Gasteiger partial charge in [-0.2, -0.15) is 5.10 Å². The van der Waals surface area contributed by atoms with E-state index >= 15 is 0 Å². The van der Waals surface area contributed by atoms with E-state index in [4.69, 9.17) is 0 Å². The monoisotopic (exact) mass is 423 g/mol. The fraction of sp³-hybridized carbons (Fsp3) is 0.364. The quantitative estimate of drug-likeness (QED) is 0.693. The number of nitrogens with zero attached hydrogens (tertiary/aromatic N) is 4. The van der Waals surface area contributed by atoms with Gasteiger partial charge < -0.3 is 9.88 Å². The Labute approximate surface area is 179 Å². The lowest BCUT2D eigenvalue weighted by molar-refractivity contribution is -0.122. The fourth-order valence-corrected chi connectivity index (χ4v) is 4.28. The second-order valence-corrected chi connectivity index (χ2v) is 9.44. The number of carbonyl (C=O) groups excluding carboxylic acids is 2. The van der Waals surface area contributed by atoms with Crippen LogP contribution >= 0.6 is 11.3 Å². The molecule has 1 atom stereocenters. The predicted molar refractivity (Wildman–Crippen MR) is 119 cm³/mol. The van der Waals surface area contributed by atoms with Crippen LogP contribution in [-0.4, -0.2) is 38.6 Å². The molecule has 30 heavy (non-hydrogen) atoms. The molecule has 1 N–H and O–H groups in total. The number of fused-ring (bicyclic) bond motifs is 3. The van der Waals surface area contributed by atoms with Crippen LogP contribution in [0.5, 0.6) is 0 Å². The molecule has 4 heterocycles. The topological polar surface area (TPSA) is 79.6 Å². The normalized spacial score (nSPS) is 15.5. The van der Waals surface area contributed by atoms with Gasteiger partial charge in [-0.25, -0.2) is 5.01 Å². The van der Waals surface area contributed by atoms with Crippen molar-refractivity contribution in [3.63, 3.8) is 0 Å². The summed E-state index contributed by atoms with van der Waals surface area (Å²) >= 11 is 1.60. The van der Waals surface area contributed by atoms with Gasteiger partial charge in [0.15, 0.2) is 0 Å². The second-order valence-electron chi connectivity index (χ2n) is 8.49. The third-order valence-corrected chi connectivity index (χ3v) is 6.05. The Balaban J connectivity index is 1.61. The maximum atomic E-state index is 13.3. The zero-order valence-electron chi connectivity index (χ0n) is 17.5. The van der Waals surface area contributed by atoms with Gasteiger partial charge in [-0.05, 0) is 36.6 Å². The molecule has 7 nitrogen and oxygen atoms in total. The van der Waals surface area contributed by atoms with Crippen LogP contribution in [-0.2, 0) is 11.3 Å². The van der Waals surface area contributed by atoms with Gasteiger partial charge >= 0.3 is 0 Å². The third kappa shape index (κ3) is 3.87. The smallest absolute Gasteiger partial charge is 0.291 e. The summed E-state index contributed by atoms with van der Waals surface area (Å²) in [5.41, 5.74) is 2.95. The van der Waals surface area contributed by atoms with Crippen LogP contribution in [0.4, 0.5) is 0 Å². The van der Waals surface area contributed by atoms with Crippen LogP contribution in [0.15, 0.2) is 47.0 Å². The van der Waals surface area contributed by atoms with Crippen LogP contribution in [0.1, 0.15) is 49.9 Å². The number of carbonyl (C=O) groups is 2. The first-order valence-electron chi connectivity index (χ1n) is 9.91. The van der Waals surface area contributed by atoms with E-state index in [1.807, 2.05) is 47.2 Å². The molecule has 0 fully saturated rings. The van der Waals surface area contributed by atoms with Gasteiger partial charge in [0.2, 0.25) is 5.91 Å². The van der Waals surface area contributed by atoms with E-state index in [1.165, 1.54) is 5.01 Å². The van der Waals surface area contributed by atoms with Crippen LogP contribution in [0.2, 0.25) is 0 Å². The Morgan fingerprint density at radius 3 is 2.80 bits per heavy atom. The highest BCUT2D eigenvalue weighted by Gasteiger charge is 2.31. The average molecular weight is 424 g/mol. The molecule has 1 aliphatic rings. The molecular formula is C22H25N5O2S.